The van der Waals surface area contributed by atoms with Gasteiger partial charge in [0, 0.05) is 32.4 Å². The number of piperazine rings is 1. The third-order valence-corrected chi connectivity index (χ3v) is 4.73. The summed E-state index contributed by atoms with van der Waals surface area (Å²) >= 11 is 0. The lowest BCUT2D eigenvalue weighted by molar-refractivity contribution is -0.130. The van der Waals surface area contributed by atoms with Gasteiger partial charge in [0.1, 0.15) is 5.52 Å². The Morgan fingerprint density at radius 3 is 2.60 bits per heavy atom. The number of fused-ring (bicyclic) bond motifs is 1. The number of anilines is 1. The number of pyridine rings is 1. The molecule has 25 heavy (non-hydrogen) atoms. The Hall–Kier alpha value is -2.89. The number of imidazole rings is 1. The molecule has 0 unspecified atom stereocenters. The van der Waals surface area contributed by atoms with Gasteiger partial charge in [0.15, 0.2) is 5.82 Å². The highest BCUT2D eigenvalue weighted by molar-refractivity contribution is 5.86. The van der Waals surface area contributed by atoms with Crippen molar-refractivity contribution in [3.63, 3.8) is 0 Å². The minimum Gasteiger partial charge on any atom is -0.351 e. The molecular formula is C19H21N5O. The van der Waals surface area contributed by atoms with Crippen LogP contribution in [-0.4, -0.2) is 51.9 Å². The van der Waals surface area contributed by atoms with Crippen LogP contribution in [0.2, 0.25) is 0 Å². The number of aryl methyl sites for hydroxylation is 1. The largest absolute Gasteiger partial charge is 0.351 e. The molecule has 1 aromatic carbocycles. The van der Waals surface area contributed by atoms with Crippen LogP contribution in [0.15, 0.2) is 42.9 Å². The Morgan fingerprint density at radius 1 is 1.08 bits per heavy atom. The van der Waals surface area contributed by atoms with E-state index in [4.69, 9.17) is 0 Å². The molecule has 6 heteroatoms. The maximum Gasteiger partial charge on any atom is 0.227 e. The average Bonchev–Trinajstić information content (AvgIpc) is 3.12. The SMILES string of the molecule is Cc1ccc(CC(=O)N2CCN(c3nccc4[nH]cnc34)CC2)cc1. The van der Waals surface area contributed by atoms with Crippen molar-refractivity contribution in [1.82, 2.24) is 19.9 Å². The minimum atomic E-state index is 0.189. The predicted molar refractivity (Wildman–Crippen MR) is 97.6 cm³/mol. The molecule has 0 saturated carbocycles. The van der Waals surface area contributed by atoms with Crippen molar-refractivity contribution < 1.29 is 4.79 Å². The van der Waals surface area contributed by atoms with Crippen molar-refractivity contribution in [2.45, 2.75) is 13.3 Å². The van der Waals surface area contributed by atoms with E-state index in [2.05, 4.69) is 38.9 Å². The average molecular weight is 335 g/mol. The van der Waals surface area contributed by atoms with E-state index in [1.54, 1.807) is 12.5 Å². The van der Waals surface area contributed by atoms with Crippen LogP contribution in [0.4, 0.5) is 5.82 Å². The Morgan fingerprint density at radius 2 is 1.84 bits per heavy atom. The zero-order valence-corrected chi connectivity index (χ0v) is 14.3. The first-order chi connectivity index (χ1) is 12.2. The number of nitrogens with zero attached hydrogens (tertiary/aromatic N) is 4. The summed E-state index contributed by atoms with van der Waals surface area (Å²) in [4.78, 5) is 28.7. The summed E-state index contributed by atoms with van der Waals surface area (Å²) in [5, 5.41) is 0. The van der Waals surface area contributed by atoms with Gasteiger partial charge in [0.25, 0.3) is 0 Å². The third-order valence-electron chi connectivity index (χ3n) is 4.73. The van der Waals surface area contributed by atoms with E-state index in [0.29, 0.717) is 19.5 Å². The van der Waals surface area contributed by atoms with Gasteiger partial charge in [-0.05, 0) is 18.6 Å². The molecule has 1 amide bonds. The minimum absolute atomic E-state index is 0.189. The number of aromatic nitrogens is 3. The maximum atomic E-state index is 12.5. The van der Waals surface area contributed by atoms with Gasteiger partial charge in [-0.3, -0.25) is 4.79 Å². The van der Waals surface area contributed by atoms with E-state index in [0.717, 1.165) is 35.5 Å². The van der Waals surface area contributed by atoms with Crippen LogP contribution in [0.25, 0.3) is 11.0 Å². The van der Waals surface area contributed by atoms with Crippen molar-refractivity contribution in [2.75, 3.05) is 31.1 Å². The number of benzene rings is 1. The third kappa shape index (κ3) is 3.20. The molecule has 0 atom stereocenters. The number of rotatable bonds is 3. The topological polar surface area (TPSA) is 65.1 Å². The van der Waals surface area contributed by atoms with E-state index in [9.17, 15) is 4.79 Å². The van der Waals surface area contributed by atoms with Crippen molar-refractivity contribution in [2.24, 2.45) is 0 Å². The molecule has 1 fully saturated rings. The quantitative estimate of drug-likeness (QED) is 0.797. The highest BCUT2D eigenvalue weighted by Gasteiger charge is 2.23. The van der Waals surface area contributed by atoms with Crippen LogP contribution in [-0.2, 0) is 11.2 Å². The summed E-state index contributed by atoms with van der Waals surface area (Å²) in [7, 11) is 0. The lowest BCUT2D eigenvalue weighted by atomic mass is 10.1. The van der Waals surface area contributed by atoms with E-state index in [1.807, 2.05) is 23.1 Å². The summed E-state index contributed by atoms with van der Waals surface area (Å²) in [5.41, 5.74) is 4.16. The van der Waals surface area contributed by atoms with E-state index in [-0.39, 0.29) is 5.91 Å². The van der Waals surface area contributed by atoms with Gasteiger partial charge in [-0.1, -0.05) is 29.8 Å². The number of amides is 1. The lowest BCUT2D eigenvalue weighted by Crippen LogP contribution is -2.49. The molecule has 128 valence electrons. The van der Waals surface area contributed by atoms with Gasteiger partial charge in [0.2, 0.25) is 5.91 Å². The highest BCUT2D eigenvalue weighted by atomic mass is 16.2. The summed E-state index contributed by atoms with van der Waals surface area (Å²) in [6.45, 7) is 5.04. The summed E-state index contributed by atoms with van der Waals surface area (Å²) in [6.07, 6.45) is 3.95. The van der Waals surface area contributed by atoms with Gasteiger partial charge in [-0.25, -0.2) is 9.97 Å². The van der Waals surface area contributed by atoms with Crippen molar-refractivity contribution in [3.05, 3.63) is 54.0 Å². The Bertz CT molecular complexity index is 878. The molecule has 4 rings (SSSR count). The first kappa shape index (κ1) is 15.6. The fraction of sp³-hybridized carbons (Fsp3) is 0.316. The van der Waals surface area contributed by atoms with Gasteiger partial charge in [-0.15, -0.1) is 0 Å². The molecule has 1 N–H and O–H groups in total. The summed E-state index contributed by atoms with van der Waals surface area (Å²) in [6, 6.07) is 10.1. The predicted octanol–water partition coefficient (Wildman–Crippen LogP) is 2.16. The van der Waals surface area contributed by atoms with Crippen LogP contribution in [0.3, 0.4) is 0 Å². The lowest BCUT2D eigenvalue weighted by Gasteiger charge is -2.35. The number of hydrogen-bond acceptors (Lipinski definition) is 4. The first-order valence-electron chi connectivity index (χ1n) is 8.57. The second-order valence-electron chi connectivity index (χ2n) is 6.46. The molecule has 6 nitrogen and oxygen atoms in total. The molecule has 3 aromatic rings. The smallest absolute Gasteiger partial charge is 0.227 e. The van der Waals surface area contributed by atoms with E-state index >= 15 is 0 Å². The standard InChI is InChI=1S/C19H21N5O/c1-14-2-4-15(5-3-14)12-17(25)23-8-10-24(11-9-23)19-18-16(6-7-20-19)21-13-22-18/h2-7,13H,8-12H2,1H3,(H,21,22). The number of aromatic amines is 1. The van der Waals surface area contributed by atoms with Crippen LogP contribution in [0, 0.1) is 6.92 Å². The molecule has 2 aromatic heterocycles. The Kier molecular flexibility index (Phi) is 4.09. The van der Waals surface area contributed by atoms with E-state index in [1.165, 1.54) is 5.56 Å². The molecule has 1 saturated heterocycles. The molecule has 1 aliphatic rings. The van der Waals surface area contributed by atoms with Crippen molar-refractivity contribution >= 4 is 22.8 Å². The second-order valence-corrected chi connectivity index (χ2v) is 6.46. The molecule has 0 aliphatic carbocycles. The monoisotopic (exact) mass is 335 g/mol. The number of hydrogen-bond donors (Lipinski definition) is 1. The first-order valence-corrected chi connectivity index (χ1v) is 8.57. The van der Waals surface area contributed by atoms with Gasteiger partial charge in [-0.2, -0.15) is 0 Å². The fourth-order valence-electron chi connectivity index (χ4n) is 3.24. The molecular weight excluding hydrogens is 314 g/mol. The molecule has 0 bridgehead atoms. The second kappa shape index (κ2) is 6.55. The van der Waals surface area contributed by atoms with Crippen LogP contribution in [0.5, 0.6) is 0 Å². The summed E-state index contributed by atoms with van der Waals surface area (Å²) < 4.78 is 0. The van der Waals surface area contributed by atoms with Crippen LogP contribution >= 0.6 is 0 Å². The molecule has 1 aliphatic heterocycles. The van der Waals surface area contributed by atoms with Gasteiger partial charge in [0.05, 0.1) is 18.3 Å². The number of carbonyl (C=O) groups excluding carboxylic acids is 1. The Labute approximate surface area is 146 Å². The zero-order chi connectivity index (χ0) is 17.2. The molecule has 0 radical (unpaired) electrons. The normalized spacial score (nSPS) is 14.9. The fourth-order valence-corrected chi connectivity index (χ4v) is 3.24. The van der Waals surface area contributed by atoms with Crippen molar-refractivity contribution in [3.8, 4) is 0 Å². The summed E-state index contributed by atoms with van der Waals surface area (Å²) in [5.74, 6) is 1.08. The maximum absolute atomic E-state index is 12.5. The van der Waals surface area contributed by atoms with Crippen molar-refractivity contribution in [1.29, 1.82) is 0 Å². The number of nitrogens with one attached hydrogen (secondary N) is 1. The van der Waals surface area contributed by atoms with Crippen LogP contribution in [0.1, 0.15) is 11.1 Å². The van der Waals surface area contributed by atoms with E-state index < -0.39 is 0 Å². The number of H-pyrrole nitrogens is 1. The Balaban J connectivity index is 1.40. The van der Waals surface area contributed by atoms with Crippen LogP contribution < -0.4 is 4.90 Å². The highest BCUT2D eigenvalue weighted by Crippen LogP contribution is 2.22. The van der Waals surface area contributed by atoms with Gasteiger partial charge >= 0.3 is 0 Å². The molecule has 3 heterocycles. The number of carbonyl (C=O) groups is 1. The van der Waals surface area contributed by atoms with Gasteiger partial charge < -0.3 is 14.8 Å². The molecule has 0 spiro atoms. The zero-order valence-electron chi connectivity index (χ0n) is 14.3.